The summed E-state index contributed by atoms with van der Waals surface area (Å²) >= 11 is 0. The molecule has 1 fully saturated rings. The molecule has 4 rings (SSSR count). The molecule has 3 nitrogen and oxygen atoms in total. The van der Waals surface area contributed by atoms with Gasteiger partial charge in [-0.05, 0) is 42.0 Å². The van der Waals surface area contributed by atoms with Crippen LogP contribution in [0.25, 0.3) is 0 Å². The summed E-state index contributed by atoms with van der Waals surface area (Å²) in [5, 5.41) is 18.5. The summed E-state index contributed by atoms with van der Waals surface area (Å²) in [6.45, 7) is 1.90. The molecule has 3 atom stereocenters. The maximum atomic E-state index is 10.1. The lowest BCUT2D eigenvalue weighted by Gasteiger charge is -2.35. The molecule has 5 heteroatoms. The highest BCUT2D eigenvalue weighted by atomic mass is 16.5. The van der Waals surface area contributed by atoms with E-state index >= 15 is 0 Å². The van der Waals surface area contributed by atoms with Crippen molar-refractivity contribution in [3.8, 4) is 0 Å². The van der Waals surface area contributed by atoms with Crippen molar-refractivity contribution in [3.63, 3.8) is 0 Å². The monoisotopic (exact) mass is 358 g/mol. The zero-order valence-corrected chi connectivity index (χ0v) is 15.7. The van der Waals surface area contributed by atoms with Crippen molar-refractivity contribution < 1.29 is 14.9 Å². The maximum absolute atomic E-state index is 10.1. The van der Waals surface area contributed by atoms with E-state index in [0.717, 1.165) is 35.1 Å². The van der Waals surface area contributed by atoms with E-state index in [1.54, 1.807) is 0 Å². The van der Waals surface area contributed by atoms with Crippen LogP contribution in [0.1, 0.15) is 52.3 Å². The molecule has 0 spiro atoms. The van der Waals surface area contributed by atoms with Crippen molar-refractivity contribution in [1.29, 1.82) is 0 Å². The van der Waals surface area contributed by atoms with Gasteiger partial charge in [-0.25, -0.2) is 0 Å². The quantitative estimate of drug-likeness (QED) is 0.825. The normalized spacial score (nSPS) is 24.9. The topological polar surface area (TPSA) is 49.7 Å². The first kappa shape index (κ1) is 18.8. The summed E-state index contributed by atoms with van der Waals surface area (Å²) in [5.41, 5.74) is 6.40. The maximum Gasteiger partial charge on any atom is 0.0854 e. The van der Waals surface area contributed by atoms with Crippen LogP contribution in [-0.4, -0.2) is 44.7 Å². The minimum Gasteiger partial charge on any atom is -0.394 e. The number of aryl methyl sites for hydroxylation is 3. The molecular formula is C22H24B2O3. The SMILES string of the molecule is [B]C([B])(c1ccc2c(c1)CC2)c1cc(C2CC(O)CC(CO)O2)ccc1C. The van der Waals surface area contributed by atoms with E-state index < -0.39 is 11.3 Å². The molecule has 2 N–H and O–H groups in total. The molecule has 2 aromatic rings. The molecule has 0 bridgehead atoms. The first-order valence-electron chi connectivity index (χ1n) is 9.64. The van der Waals surface area contributed by atoms with E-state index in [2.05, 4.69) is 12.1 Å². The van der Waals surface area contributed by atoms with Crippen LogP contribution in [0.5, 0.6) is 0 Å². The lowest BCUT2D eigenvalue weighted by atomic mass is 9.47. The van der Waals surface area contributed by atoms with Crippen LogP contribution in [0.2, 0.25) is 0 Å². The Bertz CT molecular complexity index is 849. The molecule has 1 aliphatic carbocycles. The third-order valence-electron chi connectivity index (χ3n) is 6.01. The number of ether oxygens (including phenoxy) is 1. The number of benzene rings is 2. The van der Waals surface area contributed by atoms with Gasteiger partial charge >= 0.3 is 0 Å². The van der Waals surface area contributed by atoms with Crippen molar-refractivity contribution in [2.24, 2.45) is 0 Å². The number of rotatable bonds is 4. The van der Waals surface area contributed by atoms with Crippen LogP contribution in [0.4, 0.5) is 0 Å². The van der Waals surface area contributed by atoms with Gasteiger partial charge in [-0.3, -0.25) is 0 Å². The Balaban J connectivity index is 1.68. The van der Waals surface area contributed by atoms with E-state index in [1.807, 2.05) is 31.2 Å². The Labute approximate surface area is 163 Å². The third kappa shape index (κ3) is 3.49. The van der Waals surface area contributed by atoms with E-state index in [1.165, 1.54) is 11.1 Å². The molecule has 1 heterocycles. The van der Waals surface area contributed by atoms with Crippen LogP contribution in [0.15, 0.2) is 36.4 Å². The van der Waals surface area contributed by atoms with Gasteiger partial charge in [0.05, 0.1) is 40.6 Å². The minimum atomic E-state index is -1.10. The highest BCUT2D eigenvalue weighted by Crippen LogP contribution is 2.37. The van der Waals surface area contributed by atoms with Gasteiger partial charge in [0.1, 0.15) is 0 Å². The fraction of sp³-hybridized carbons (Fsp3) is 0.455. The highest BCUT2D eigenvalue weighted by molar-refractivity contribution is 6.42. The molecular weight excluding hydrogens is 334 g/mol. The van der Waals surface area contributed by atoms with Crippen LogP contribution in [-0.2, 0) is 22.8 Å². The van der Waals surface area contributed by atoms with Gasteiger partial charge in [0.25, 0.3) is 0 Å². The van der Waals surface area contributed by atoms with Gasteiger partial charge in [0.15, 0.2) is 0 Å². The molecule has 1 aliphatic heterocycles. The van der Waals surface area contributed by atoms with Crippen LogP contribution < -0.4 is 0 Å². The summed E-state index contributed by atoms with van der Waals surface area (Å²) in [7, 11) is 13.3. The zero-order valence-electron chi connectivity index (χ0n) is 15.7. The van der Waals surface area contributed by atoms with Crippen LogP contribution in [0.3, 0.4) is 0 Å². The van der Waals surface area contributed by atoms with Gasteiger partial charge in [0, 0.05) is 12.8 Å². The molecule has 136 valence electrons. The lowest BCUT2D eigenvalue weighted by molar-refractivity contribution is -0.113. The van der Waals surface area contributed by atoms with Gasteiger partial charge in [0.2, 0.25) is 0 Å². The van der Waals surface area contributed by atoms with E-state index in [4.69, 9.17) is 20.4 Å². The number of fused-ring (bicyclic) bond motifs is 1. The molecule has 2 aliphatic rings. The fourth-order valence-corrected chi connectivity index (χ4v) is 4.22. The lowest BCUT2D eigenvalue weighted by Crippen LogP contribution is -2.34. The first-order valence-corrected chi connectivity index (χ1v) is 9.64. The van der Waals surface area contributed by atoms with Crippen molar-refractivity contribution in [3.05, 3.63) is 69.8 Å². The van der Waals surface area contributed by atoms with Gasteiger partial charge in [-0.1, -0.05) is 52.7 Å². The van der Waals surface area contributed by atoms with Crippen molar-refractivity contribution >= 4 is 15.7 Å². The number of hydrogen-bond acceptors (Lipinski definition) is 3. The van der Waals surface area contributed by atoms with Crippen molar-refractivity contribution in [1.82, 2.24) is 0 Å². The molecule has 3 unspecified atom stereocenters. The minimum absolute atomic E-state index is 0.0981. The summed E-state index contributed by atoms with van der Waals surface area (Å²) in [6.07, 6.45) is 2.04. The second-order valence-electron chi connectivity index (χ2n) is 7.98. The second-order valence-corrected chi connectivity index (χ2v) is 7.98. The van der Waals surface area contributed by atoms with Crippen molar-refractivity contribution in [2.45, 2.75) is 56.1 Å². The van der Waals surface area contributed by atoms with E-state index in [0.29, 0.717) is 12.8 Å². The fourth-order valence-electron chi connectivity index (χ4n) is 4.22. The average Bonchev–Trinajstić information content (AvgIpc) is 2.62. The van der Waals surface area contributed by atoms with Crippen LogP contribution >= 0.6 is 0 Å². The third-order valence-corrected chi connectivity index (χ3v) is 6.01. The molecule has 0 saturated carbocycles. The first-order chi connectivity index (χ1) is 12.9. The van der Waals surface area contributed by atoms with Crippen molar-refractivity contribution in [2.75, 3.05) is 6.61 Å². The standard InChI is InChI=1S/C22H24B2O3/c1-13-2-3-16(21-11-18(26)10-19(12-25)27-21)9-20(13)22(23,24)17-7-6-14-4-5-15(14)8-17/h2-3,6-9,18-19,21,25-26H,4-5,10-12H2,1H3. The molecule has 4 radical (unpaired) electrons. The molecule has 0 aromatic heterocycles. The average molecular weight is 358 g/mol. The molecule has 2 aromatic carbocycles. The number of aliphatic hydroxyl groups is 2. The smallest absolute Gasteiger partial charge is 0.0854 e. The van der Waals surface area contributed by atoms with Crippen LogP contribution in [0, 0.1) is 6.92 Å². The zero-order chi connectivity index (χ0) is 19.2. The summed E-state index contributed by atoms with van der Waals surface area (Å²) in [5.74, 6) is 0. The van der Waals surface area contributed by atoms with Gasteiger partial charge in [-0.15, -0.1) is 0 Å². The highest BCUT2D eigenvalue weighted by Gasteiger charge is 2.31. The Kier molecular flexibility index (Phi) is 4.96. The van der Waals surface area contributed by atoms with E-state index in [-0.39, 0.29) is 18.8 Å². The predicted molar refractivity (Wildman–Crippen MR) is 107 cm³/mol. The molecule has 27 heavy (non-hydrogen) atoms. The molecule has 0 amide bonds. The summed E-state index contributed by atoms with van der Waals surface area (Å²) < 4.78 is 5.96. The van der Waals surface area contributed by atoms with Gasteiger partial charge < -0.3 is 14.9 Å². The number of hydrogen-bond donors (Lipinski definition) is 2. The number of aliphatic hydroxyl groups excluding tert-OH is 2. The summed E-state index contributed by atoms with van der Waals surface area (Å²) in [6, 6.07) is 12.2. The van der Waals surface area contributed by atoms with Gasteiger partial charge in [-0.2, -0.15) is 0 Å². The second kappa shape index (κ2) is 7.12. The Morgan fingerprint density at radius 3 is 2.52 bits per heavy atom. The Hall–Kier alpha value is -1.55. The van der Waals surface area contributed by atoms with E-state index in [9.17, 15) is 10.2 Å². The largest absolute Gasteiger partial charge is 0.394 e. The summed E-state index contributed by atoms with van der Waals surface area (Å²) in [4.78, 5) is 0. The Morgan fingerprint density at radius 1 is 1.07 bits per heavy atom. The Morgan fingerprint density at radius 2 is 1.85 bits per heavy atom. The molecule has 1 saturated heterocycles. The predicted octanol–water partition coefficient (Wildman–Crippen LogP) is 2.21.